The summed E-state index contributed by atoms with van der Waals surface area (Å²) in [6.07, 6.45) is 6.21. The summed E-state index contributed by atoms with van der Waals surface area (Å²) in [5, 5.41) is 6.60. The van der Waals surface area contributed by atoms with Gasteiger partial charge in [0.25, 0.3) is 5.91 Å². The van der Waals surface area contributed by atoms with E-state index in [9.17, 15) is 9.18 Å². The molecule has 8 nitrogen and oxygen atoms in total. The van der Waals surface area contributed by atoms with Crippen molar-refractivity contribution in [3.63, 3.8) is 0 Å². The highest BCUT2D eigenvalue weighted by molar-refractivity contribution is 5.97. The fraction of sp³-hybridized carbons (Fsp3) is 0.269. The number of methoxy groups -OCH3 is 1. The van der Waals surface area contributed by atoms with E-state index in [1.165, 1.54) is 13.2 Å². The number of fused-ring (bicyclic) bond motifs is 1. The van der Waals surface area contributed by atoms with Crippen LogP contribution in [0, 0.1) is 12.7 Å². The molecular formula is C26H25FN6O2. The van der Waals surface area contributed by atoms with E-state index >= 15 is 0 Å². The number of aryl methyl sites for hydroxylation is 1. The molecule has 178 valence electrons. The number of halogens is 1. The van der Waals surface area contributed by atoms with Crippen LogP contribution in [0.1, 0.15) is 22.3 Å². The zero-order valence-electron chi connectivity index (χ0n) is 19.5. The Morgan fingerprint density at radius 3 is 2.71 bits per heavy atom. The first-order valence-electron chi connectivity index (χ1n) is 11.6. The Bertz CT molecular complexity index is 1460. The normalized spacial score (nSPS) is 16.1. The molecular weight excluding hydrogens is 447 g/mol. The second-order valence-electron chi connectivity index (χ2n) is 9.15. The van der Waals surface area contributed by atoms with Gasteiger partial charge in [0.2, 0.25) is 0 Å². The fourth-order valence-corrected chi connectivity index (χ4v) is 4.95. The highest BCUT2D eigenvalue weighted by Crippen LogP contribution is 2.36. The van der Waals surface area contributed by atoms with Gasteiger partial charge in [-0.25, -0.2) is 14.4 Å². The number of imidazole rings is 1. The monoisotopic (exact) mass is 472 g/mol. The molecule has 1 spiro atoms. The van der Waals surface area contributed by atoms with Gasteiger partial charge < -0.3 is 20.3 Å². The van der Waals surface area contributed by atoms with Crippen LogP contribution in [0.15, 0.2) is 55.0 Å². The third kappa shape index (κ3) is 3.42. The van der Waals surface area contributed by atoms with Crippen molar-refractivity contribution in [2.75, 3.05) is 32.1 Å². The molecule has 4 aromatic rings. The zero-order valence-corrected chi connectivity index (χ0v) is 19.5. The summed E-state index contributed by atoms with van der Waals surface area (Å²) < 4.78 is 21.1. The van der Waals surface area contributed by atoms with Gasteiger partial charge in [-0.05, 0) is 55.3 Å². The Morgan fingerprint density at radius 2 is 2.06 bits per heavy atom. The van der Waals surface area contributed by atoms with Crippen LogP contribution in [0.5, 0.6) is 5.75 Å². The van der Waals surface area contributed by atoms with Crippen LogP contribution < -0.4 is 15.4 Å². The minimum absolute atomic E-state index is 0.0190. The van der Waals surface area contributed by atoms with E-state index in [2.05, 4.69) is 20.6 Å². The predicted octanol–water partition coefficient (Wildman–Crippen LogP) is 3.78. The number of aromatic nitrogens is 3. The number of carbonyl (C=O) groups is 1. The minimum atomic E-state index is -0.435. The molecule has 9 heteroatoms. The molecule has 0 bridgehead atoms. The topological polar surface area (TPSA) is 83.8 Å². The van der Waals surface area contributed by atoms with E-state index in [4.69, 9.17) is 4.74 Å². The molecule has 2 aromatic carbocycles. The number of hydrogen-bond donors (Lipinski definition) is 2. The Balaban J connectivity index is 1.27. The van der Waals surface area contributed by atoms with E-state index in [1.807, 2.05) is 34.4 Å². The summed E-state index contributed by atoms with van der Waals surface area (Å²) in [5.41, 5.74) is 4.47. The smallest absolute Gasteiger partial charge is 0.254 e. The molecule has 0 radical (unpaired) electrons. The molecule has 35 heavy (non-hydrogen) atoms. The molecule has 2 N–H and O–H groups in total. The maximum atomic E-state index is 14.3. The lowest BCUT2D eigenvalue weighted by Gasteiger charge is -2.58. The molecule has 2 saturated heterocycles. The van der Waals surface area contributed by atoms with Crippen LogP contribution >= 0.6 is 0 Å². The van der Waals surface area contributed by atoms with Gasteiger partial charge >= 0.3 is 0 Å². The Kier molecular flexibility index (Phi) is 4.96. The van der Waals surface area contributed by atoms with Crippen molar-refractivity contribution in [3.8, 4) is 17.0 Å². The molecule has 0 unspecified atom stereocenters. The van der Waals surface area contributed by atoms with E-state index in [0.717, 1.165) is 48.6 Å². The molecule has 0 saturated carbocycles. The fourth-order valence-electron chi connectivity index (χ4n) is 4.95. The van der Waals surface area contributed by atoms with Gasteiger partial charge in [-0.15, -0.1) is 0 Å². The molecule has 2 aromatic heterocycles. The van der Waals surface area contributed by atoms with E-state index in [1.54, 1.807) is 30.7 Å². The summed E-state index contributed by atoms with van der Waals surface area (Å²) in [7, 11) is 1.44. The Morgan fingerprint density at radius 1 is 1.20 bits per heavy atom. The summed E-state index contributed by atoms with van der Waals surface area (Å²) in [6, 6.07) is 10.5. The van der Waals surface area contributed by atoms with Crippen LogP contribution in [-0.4, -0.2) is 57.5 Å². The summed E-state index contributed by atoms with van der Waals surface area (Å²) in [6.45, 7) is 4.51. The predicted molar refractivity (Wildman–Crippen MR) is 131 cm³/mol. The van der Waals surface area contributed by atoms with Crippen molar-refractivity contribution in [2.45, 2.75) is 18.9 Å². The van der Waals surface area contributed by atoms with E-state index in [0.29, 0.717) is 17.0 Å². The molecule has 6 rings (SSSR count). The molecule has 2 fully saturated rings. The largest absolute Gasteiger partial charge is 0.494 e. The van der Waals surface area contributed by atoms with Crippen LogP contribution in [0.25, 0.3) is 16.9 Å². The number of carbonyl (C=O) groups excluding carboxylic acids is 1. The molecule has 2 aliphatic rings. The minimum Gasteiger partial charge on any atom is -0.494 e. The highest BCUT2D eigenvalue weighted by atomic mass is 19.1. The second-order valence-corrected chi connectivity index (χ2v) is 9.15. The first-order chi connectivity index (χ1) is 17.0. The van der Waals surface area contributed by atoms with Crippen molar-refractivity contribution in [2.24, 2.45) is 0 Å². The van der Waals surface area contributed by atoms with Crippen LogP contribution in [0.3, 0.4) is 0 Å². The molecule has 2 aliphatic heterocycles. The van der Waals surface area contributed by atoms with Crippen molar-refractivity contribution >= 4 is 23.1 Å². The first-order valence-corrected chi connectivity index (χ1v) is 11.6. The van der Waals surface area contributed by atoms with Gasteiger partial charge in [0, 0.05) is 48.8 Å². The molecule has 0 atom stereocenters. The third-order valence-electron chi connectivity index (χ3n) is 7.12. The van der Waals surface area contributed by atoms with Gasteiger partial charge in [0.05, 0.1) is 24.5 Å². The number of nitrogens with one attached hydrogen (secondary N) is 2. The highest BCUT2D eigenvalue weighted by Gasteiger charge is 2.51. The van der Waals surface area contributed by atoms with Crippen LogP contribution in [-0.2, 0) is 0 Å². The van der Waals surface area contributed by atoms with Gasteiger partial charge in [0.15, 0.2) is 23.0 Å². The number of amides is 1. The number of nitrogens with zero attached hydrogens (tertiary/aromatic N) is 4. The van der Waals surface area contributed by atoms with Crippen molar-refractivity contribution in [1.82, 2.24) is 24.6 Å². The maximum absolute atomic E-state index is 14.3. The van der Waals surface area contributed by atoms with Gasteiger partial charge in [-0.2, -0.15) is 0 Å². The Hall–Kier alpha value is -3.98. The quantitative estimate of drug-likeness (QED) is 0.460. The molecule has 1 amide bonds. The SMILES string of the molecule is COc1ccc(-c2cnc3c(Nc4ccc(C(=O)N5CCC56CNC6)c(C)c4)nccn23)cc1F. The second kappa shape index (κ2) is 8.06. The molecule has 0 aliphatic carbocycles. The van der Waals surface area contributed by atoms with Crippen molar-refractivity contribution in [3.05, 3.63) is 71.9 Å². The summed E-state index contributed by atoms with van der Waals surface area (Å²) in [4.78, 5) is 24.1. The summed E-state index contributed by atoms with van der Waals surface area (Å²) in [5.74, 6) is 0.410. The average Bonchev–Trinajstić information content (AvgIpc) is 3.22. The maximum Gasteiger partial charge on any atom is 0.254 e. The van der Waals surface area contributed by atoms with Crippen molar-refractivity contribution < 1.29 is 13.9 Å². The Labute approximate surface area is 201 Å². The summed E-state index contributed by atoms with van der Waals surface area (Å²) >= 11 is 0. The molecule has 4 heterocycles. The average molecular weight is 473 g/mol. The van der Waals surface area contributed by atoms with Crippen LogP contribution in [0.4, 0.5) is 15.9 Å². The third-order valence-corrected chi connectivity index (χ3v) is 7.12. The number of rotatable bonds is 5. The lowest BCUT2D eigenvalue weighted by atomic mass is 9.78. The number of hydrogen-bond acceptors (Lipinski definition) is 6. The number of ether oxygens (including phenoxy) is 1. The van der Waals surface area contributed by atoms with Gasteiger partial charge in [-0.3, -0.25) is 9.20 Å². The number of benzene rings is 2. The van der Waals surface area contributed by atoms with Gasteiger partial charge in [0.1, 0.15) is 0 Å². The van der Waals surface area contributed by atoms with E-state index in [-0.39, 0.29) is 17.2 Å². The van der Waals surface area contributed by atoms with Crippen LogP contribution in [0.2, 0.25) is 0 Å². The zero-order chi connectivity index (χ0) is 24.2. The first kappa shape index (κ1) is 21.5. The standard InChI is InChI=1S/C26H25FN6O2/c1-16-11-18(4-5-19(16)25(34)33-9-7-26(33)14-28-15-26)31-23-24-30-13-21(32(24)10-8-29-23)17-3-6-22(35-2)20(27)12-17/h3-6,8,10-13,28H,7,9,14-15H2,1-2H3,(H,29,31). The number of likely N-dealkylation sites (tertiary alicyclic amines) is 1. The van der Waals surface area contributed by atoms with E-state index < -0.39 is 5.82 Å². The van der Waals surface area contributed by atoms with Gasteiger partial charge in [-0.1, -0.05) is 0 Å². The number of anilines is 2. The van der Waals surface area contributed by atoms with Crippen molar-refractivity contribution in [1.29, 1.82) is 0 Å². The lowest BCUT2D eigenvalue weighted by Crippen LogP contribution is -2.77. The lowest BCUT2D eigenvalue weighted by molar-refractivity contribution is -0.0322.